The smallest absolute Gasteiger partial charge is 0.208 e. The third kappa shape index (κ3) is 1.44. The van der Waals surface area contributed by atoms with Crippen LogP contribution < -0.4 is 0 Å². The van der Waals surface area contributed by atoms with Crippen LogP contribution in [-0.2, 0) is 9.53 Å². The van der Waals surface area contributed by atoms with Crippen molar-refractivity contribution in [3.05, 3.63) is 12.2 Å². The molecule has 0 aromatic rings. The Balaban J connectivity index is 1.78. The lowest BCUT2D eigenvalue weighted by atomic mass is 9.36. The second kappa shape index (κ2) is 4.78. The average molecular weight is 364 g/mol. The average Bonchev–Trinajstić information content (AvgIpc) is 2.73. The summed E-state index contributed by atoms with van der Waals surface area (Å²) in [6, 6.07) is 0. The lowest BCUT2D eigenvalue weighted by molar-refractivity contribution is -0.450. The van der Waals surface area contributed by atoms with E-state index in [0.717, 1.165) is 19.3 Å². The first kappa shape index (κ1) is 17.3. The van der Waals surface area contributed by atoms with Crippen LogP contribution >= 0.6 is 0 Å². The van der Waals surface area contributed by atoms with Gasteiger partial charge in [0.25, 0.3) is 0 Å². The van der Waals surface area contributed by atoms with E-state index < -0.39 is 34.2 Å². The van der Waals surface area contributed by atoms with Crippen molar-refractivity contribution in [2.24, 2.45) is 34.0 Å². The number of Topliss-reactive ketones (excluding diaryl/α,β-unsaturated/α-hetero) is 1. The first-order valence-electron chi connectivity index (χ1n) is 9.77. The normalized spacial score (nSPS) is 60.7. The van der Waals surface area contributed by atoms with Crippen molar-refractivity contribution in [2.45, 2.75) is 57.0 Å². The van der Waals surface area contributed by atoms with E-state index in [-0.39, 0.29) is 36.8 Å². The SMILES string of the molecule is C=C1C(=O)[C@]23[C@@H](O)[C@H]1CC[C@H]2[C@]12CCC[C@@](C)(CO)[C@H]1[C@H](O)[C@@]3(O)OC2. The second-order valence-electron chi connectivity index (χ2n) is 9.71. The van der Waals surface area contributed by atoms with Crippen LogP contribution in [0.5, 0.6) is 0 Å². The largest absolute Gasteiger partial charge is 0.396 e. The summed E-state index contributed by atoms with van der Waals surface area (Å²) in [4.78, 5) is 13.3. The van der Waals surface area contributed by atoms with Crippen LogP contribution in [-0.4, -0.2) is 57.4 Å². The summed E-state index contributed by atoms with van der Waals surface area (Å²) in [7, 11) is 0. The number of aliphatic hydroxyl groups excluding tert-OH is 3. The summed E-state index contributed by atoms with van der Waals surface area (Å²) in [5.74, 6) is -3.49. The highest BCUT2D eigenvalue weighted by atomic mass is 16.6. The van der Waals surface area contributed by atoms with Crippen LogP contribution in [0.1, 0.15) is 39.0 Å². The fraction of sp³-hybridized carbons (Fsp3) is 0.850. The Hall–Kier alpha value is -0.790. The third-order valence-corrected chi connectivity index (χ3v) is 8.96. The van der Waals surface area contributed by atoms with Gasteiger partial charge in [-0.05, 0) is 42.6 Å². The van der Waals surface area contributed by atoms with Crippen molar-refractivity contribution in [2.75, 3.05) is 13.2 Å². The van der Waals surface area contributed by atoms with Crippen LogP contribution in [0.2, 0.25) is 0 Å². The van der Waals surface area contributed by atoms with Crippen LogP contribution in [0, 0.1) is 34.0 Å². The molecule has 6 nitrogen and oxygen atoms in total. The molecule has 4 N–H and O–H groups in total. The summed E-state index contributed by atoms with van der Waals surface area (Å²) in [6.07, 6.45) is 1.34. The molecule has 2 spiro atoms. The molecule has 4 aliphatic carbocycles. The van der Waals surface area contributed by atoms with E-state index in [1.165, 1.54) is 0 Å². The first-order valence-corrected chi connectivity index (χ1v) is 9.77. The number of rotatable bonds is 1. The highest BCUT2D eigenvalue weighted by Crippen LogP contribution is 2.76. The van der Waals surface area contributed by atoms with E-state index in [1.54, 1.807) is 0 Å². The molecule has 0 aromatic carbocycles. The van der Waals surface area contributed by atoms with Gasteiger partial charge >= 0.3 is 0 Å². The lowest BCUT2D eigenvalue weighted by Crippen LogP contribution is -2.84. The van der Waals surface area contributed by atoms with E-state index in [2.05, 4.69) is 6.58 Å². The lowest BCUT2D eigenvalue weighted by Gasteiger charge is -2.74. The number of ether oxygens (including phenoxy) is 1. The summed E-state index contributed by atoms with van der Waals surface area (Å²) in [6.45, 7) is 6.03. The zero-order valence-electron chi connectivity index (χ0n) is 15.1. The summed E-state index contributed by atoms with van der Waals surface area (Å²) in [5, 5.41) is 44.2. The van der Waals surface area contributed by atoms with E-state index in [1.807, 2.05) is 6.92 Å². The van der Waals surface area contributed by atoms with E-state index in [9.17, 15) is 25.2 Å². The summed E-state index contributed by atoms with van der Waals surface area (Å²) >= 11 is 0. The van der Waals surface area contributed by atoms with Crippen molar-refractivity contribution < 1.29 is 30.0 Å². The van der Waals surface area contributed by atoms with Crippen molar-refractivity contribution in [3.63, 3.8) is 0 Å². The standard InChI is InChI=1S/C20H28O6/c1-10-11-4-5-12-18-7-3-6-17(2,8-21)13(18)16(24)20(25,26-9-18)19(12,14(10)22)15(11)23/h11-13,15-16,21,23-25H,1,3-9H2,2H3/t11-,12-,13+,15-,16-,17-,18+,19-,20+/m0/s1. The molecule has 0 unspecified atom stereocenters. The van der Waals surface area contributed by atoms with Gasteiger partial charge in [-0.2, -0.15) is 0 Å². The molecule has 0 aromatic heterocycles. The molecule has 6 rings (SSSR count). The topological polar surface area (TPSA) is 107 Å². The van der Waals surface area contributed by atoms with Gasteiger partial charge in [-0.1, -0.05) is 19.9 Å². The zero-order chi connectivity index (χ0) is 18.7. The van der Waals surface area contributed by atoms with Crippen molar-refractivity contribution in [1.29, 1.82) is 0 Å². The predicted molar refractivity (Wildman–Crippen MR) is 90.7 cm³/mol. The maximum atomic E-state index is 13.3. The van der Waals surface area contributed by atoms with E-state index in [0.29, 0.717) is 18.4 Å². The highest BCUT2D eigenvalue weighted by molar-refractivity contribution is 6.05. The Morgan fingerprint density at radius 3 is 2.65 bits per heavy atom. The quantitative estimate of drug-likeness (QED) is 0.501. The fourth-order valence-electron chi connectivity index (χ4n) is 7.98. The van der Waals surface area contributed by atoms with Gasteiger partial charge in [0.1, 0.15) is 11.5 Å². The third-order valence-electron chi connectivity index (χ3n) is 8.96. The number of ketones is 1. The fourth-order valence-corrected chi connectivity index (χ4v) is 7.98. The molecular weight excluding hydrogens is 336 g/mol. The number of carbonyl (C=O) groups excluding carboxylic acids is 1. The number of hydrogen-bond donors (Lipinski definition) is 4. The van der Waals surface area contributed by atoms with Gasteiger partial charge < -0.3 is 25.2 Å². The Morgan fingerprint density at radius 2 is 1.96 bits per heavy atom. The van der Waals surface area contributed by atoms with Gasteiger partial charge in [0.05, 0.1) is 12.7 Å². The Bertz CT molecular complexity index is 706. The molecule has 4 bridgehead atoms. The van der Waals surface area contributed by atoms with Crippen LogP contribution in [0.4, 0.5) is 0 Å². The first-order chi connectivity index (χ1) is 12.2. The Kier molecular flexibility index (Phi) is 3.19. The van der Waals surface area contributed by atoms with Gasteiger partial charge in [0, 0.05) is 23.9 Å². The van der Waals surface area contributed by atoms with Crippen molar-refractivity contribution in [1.82, 2.24) is 0 Å². The minimum absolute atomic E-state index is 0.0852. The molecule has 6 heteroatoms. The van der Waals surface area contributed by atoms with Gasteiger partial charge in [0.2, 0.25) is 5.79 Å². The maximum Gasteiger partial charge on any atom is 0.208 e. The van der Waals surface area contributed by atoms with E-state index >= 15 is 0 Å². The van der Waals surface area contributed by atoms with Gasteiger partial charge in [-0.3, -0.25) is 4.79 Å². The number of hydrogen-bond acceptors (Lipinski definition) is 6. The molecule has 9 atom stereocenters. The molecule has 0 amide bonds. The number of carbonyl (C=O) groups is 1. The minimum Gasteiger partial charge on any atom is -0.396 e. The maximum absolute atomic E-state index is 13.3. The van der Waals surface area contributed by atoms with Gasteiger partial charge in [0.15, 0.2) is 5.78 Å². The summed E-state index contributed by atoms with van der Waals surface area (Å²) < 4.78 is 5.86. The van der Waals surface area contributed by atoms with Crippen molar-refractivity contribution >= 4 is 5.78 Å². The van der Waals surface area contributed by atoms with Gasteiger partial charge in [-0.15, -0.1) is 0 Å². The highest BCUT2D eigenvalue weighted by Gasteiger charge is 2.85. The second-order valence-corrected chi connectivity index (χ2v) is 9.71. The predicted octanol–water partition coefficient (Wildman–Crippen LogP) is 0.377. The minimum atomic E-state index is -2.13. The van der Waals surface area contributed by atoms with Gasteiger partial charge in [-0.25, -0.2) is 0 Å². The zero-order valence-corrected chi connectivity index (χ0v) is 15.1. The monoisotopic (exact) mass is 364 g/mol. The number of aliphatic hydroxyl groups is 4. The molecule has 6 fully saturated rings. The molecule has 2 aliphatic heterocycles. The number of fused-ring (bicyclic) bond motifs is 2. The molecule has 2 saturated heterocycles. The molecule has 0 radical (unpaired) electrons. The van der Waals surface area contributed by atoms with E-state index in [4.69, 9.17) is 4.74 Å². The molecule has 26 heavy (non-hydrogen) atoms. The Labute approximate surface area is 152 Å². The summed E-state index contributed by atoms with van der Waals surface area (Å²) in [5.41, 5.74) is -2.25. The Morgan fingerprint density at radius 1 is 1.23 bits per heavy atom. The molecule has 4 saturated carbocycles. The molecular formula is C20H28O6. The molecule has 6 aliphatic rings. The molecule has 144 valence electrons. The van der Waals surface area contributed by atoms with Crippen LogP contribution in [0.25, 0.3) is 0 Å². The van der Waals surface area contributed by atoms with Crippen LogP contribution in [0.3, 0.4) is 0 Å². The molecule has 2 heterocycles. The van der Waals surface area contributed by atoms with Crippen LogP contribution in [0.15, 0.2) is 12.2 Å². The van der Waals surface area contributed by atoms with Crippen molar-refractivity contribution in [3.8, 4) is 0 Å².